The van der Waals surface area contributed by atoms with Gasteiger partial charge in [0.2, 0.25) is 0 Å². The van der Waals surface area contributed by atoms with Gasteiger partial charge in [0.25, 0.3) is 0 Å². The molecule has 1 aliphatic rings. The molecule has 0 radical (unpaired) electrons. The zero-order chi connectivity index (χ0) is 22.0. The van der Waals surface area contributed by atoms with E-state index in [-0.39, 0.29) is 41.8 Å². The average molecular weight is 443 g/mol. The summed E-state index contributed by atoms with van der Waals surface area (Å²) < 4.78 is 13.6. The number of carbonyl (C=O) groups excluding carboxylic acids is 1. The van der Waals surface area contributed by atoms with Crippen LogP contribution in [-0.4, -0.2) is 33.4 Å². The summed E-state index contributed by atoms with van der Waals surface area (Å²) in [6.07, 6.45) is 2.51. The molecule has 1 aliphatic carbocycles. The Morgan fingerprint density at radius 1 is 1.16 bits per heavy atom. The van der Waals surface area contributed by atoms with Crippen molar-refractivity contribution in [3.05, 3.63) is 71.7 Å². The first kappa shape index (κ1) is 24.6. The Morgan fingerprint density at radius 3 is 2.50 bits per heavy atom. The minimum absolute atomic E-state index is 0. The van der Waals surface area contributed by atoms with E-state index in [1.165, 1.54) is 12.1 Å². The third-order valence-electron chi connectivity index (χ3n) is 5.46. The maximum Gasteiger partial charge on any atom is 1.00 e. The molecule has 3 aromatic rings. The van der Waals surface area contributed by atoms with Gasteiger partial charge in [-0.25, -0.2) is 4.39 Å². The van der Waals surface area contributed by atoms with Gasteiger partial charge in [0.1, 0.15) is 5.82 Å². The van der Waals surface area contributed by atoms with Crippen LogP contribution >= 0.6 is 0 Å². The summed E-state index contributed by atoms with van der Waals surface area (Å²) in [5.41, 5.74) is 4.38. The van der Waals surface area contributed by atoms with Crippen molar-refractivity contribution in [3.63, 3.8) is 0 Å². The topological polar surface area (TPSA) is 93.5 Å². The molecule has 1 fully saturated rings. The van der Waals surface area contributed by atoms with E-state index in [9.17, 15) is 24.5 Å². The first-order valence-corrected chi connectivity index (χ1v) is 10.3. The quantitative estimate of drug-likeness (QED) is 0.485. The van der Waals surface area contributed by atoms with E-state index in [1.807, 2.05) is 24.3 Å². The van der Waals surface area contributed by atoms with Gasteiger partial charge in [0.15, 0.2) is 0 Å². The molecule has 5 nitrogen and oxygen atoms in total. The third kappa shape index (κ3) is 5.82. The van der Waals surface area contributed by atoms with E-state index >= 15 is 0 Å². The van der Waals surface area contributed by atoms with Gasteiger partial charge in [-0.1, -0.05) is 42.5 Å². The van der Waals surface area contributed by atoms with E-state index in [4.69, 9.17) is 4.98 Å². The Bertz CT molecular complexity index is 1130. The number of nitrogens with zero attached hydrogens (tertiary/aromatic N) is 1. The molecule has 0 spiro atoms. The molecule has 1 saturated carbocycles. The van der Waals surface area contributed by atoms with Crippen LogP contribution in [0.5, 0.6) is 0 Å². The SMILES string of the molecule is O=C([O-])C[C@H](O)C[C@H](O)C=Cc1c(C2CC2)nc2ccccc2c1-c1ccc(F)cc1.[Na+]. The maximum absolute atomic E-state index is 13.6. The van der Waals surface area contributed by atoms with Crippen LogP contribution in [0.25, 0.3) is 28.1 Å². The molecule has 0 saturated heterocycles. The van der Waals surface area contributed by atoms with Gasteiger partial charge in [-0.05, 0) is 36.6 Å². The summed E-state index contributed by atoms with van der Waals surface area (Å²) in [6.45, 7) is 0. The molecule has 0 bridgehead atoms. The zero-order valence-electron chi connectivity index (χ0n) is 17.9. The summed E-state index contributed by atoms with van der Waals surface area (Å²) in [4.78, 5) is 15.5. The predicted octanol–water partition coefficient (Wildman–Crippen LogP) is 0.187. The fourth-order valence-corrected chi connectivity index (χ4v) is 3.85. The number of pyridine rings is 1. The Labute approximate surface area is 207 Å². The molecule has 4 rings (SSSR count). The summed E-state index contributed by atoms with van der Waals surface area (Å²) in [5.74, 6) is -1.36. The second kappa shape index (κ2) is 10.7. The number of para-hydroxylation sites is 1. The van der Waals surface area contributed by atoms with Gasteiger partial charge in [-0.3, -0.25) is 4.98 Å². The molecule has 0 unspecified atom stereocenters. The summed E-state index contributed by atoms with van der Waals surface area (Å²) in [5, 5.41) is 31.7. The van der Waals surface area contributed by atoms with Crippen LogP contribution in [0.1, 0.15) is 42.9 Å². The molecule has 2 aromatic carbocycles. The normalized spacial score (nSPS) is 15.5. The molecular formula is C25H23FNNaO4. The standard InChI is InChI=1S/C25H24FNO4.Na/c26-17-9-7-15(8-10-17)24-20-3-1-2-4-22(20)27-25(16-5-6-16)21(24)12-11-18(28)13-19(29)14-23(30)31;/h1-4,7-12,16,18-19,28-29H,5-6,13-14H2,(H,30,31);/q;+1/p-1/t18-,19-;/m1./s1. The van der Waals surface area contributed by atoms with E-state index in [1.54, 1.807) is 24.3 Å². The van der Waals surface area contributed by atoms with Crippen molar-refractivity contribution >= 4 is 22.9 Å². The third-order valence-corrected chi connectivity index (χ3v) is 5.46. The first-order valence-electron chi connectivity index (χ1n) is 10.3. The number of carbonyl (C=O) groups is 1. The van der Waals surface area contributed by atoms with Crippen molar-refractivity contribution in [1.82, 2.24) is 4.98 Å². The number of fused-ring (bicyclic) bond motifs is 1. The number of aromatic nitrogens is 1. The zero-order valence-corrected chi connectivity index (χ0v) is 19.9. The number of carboxylic acids is 1. The Balaban J connectivity index is 0.00000289. The number of aliphatic hydroxyl groups is 2. The van der Waals surface area contributed by atoms with Crippen LogP contribution < -0.4 is 34.7 Å². The predicted molar refractivity (Wildman–Crippen MR) is 114 cm³/mol. The van der Waals surface area contributed by atoms with Crippen LogP contribution in [0.2, 0.25) is 0 Å². The largest absolute Gasteiger partial charge is 1.00 e. The Hall–Kier alpha value is -2.09. The number of hydrogen-bond acceptors (Lipinski definition) is 5. The maximum atomic E-state index is 13.6. The van der Waals surface area contributed by atoms with E-state index in [0.717, 1.165) is 46.1 Å². The molecule has 2 N–H and O–H groups in total. The molecule has 2 atom stereocenters. The van der Waals surface area contributed by atoms with Crippen molar-refractivity contribution in [1.29, 1.82) is 0 Å². The summed E-state index contributed by atoms with van der Waals surface area (Å²) in [6, 6.07) is 14.1. The molecule has 1 aromatic heterocycles. The minimum atomic E-state index is -1.36. The summed E-state index contributed by atoms with van der Waals surface area (Å²) in [7, 11) is 0. The van der Waals surface area contributed by atoms with Gasteiger partial charge >= 0.3 is 29.6 Å². The number of hydrogen-bond donors (Lipinski definition) is 2. The number of benzene rings is 2. The van der Waals surface area contributed by atoms with E-state index < -0.39 is 24.6 Å². The Morgan fingerprint density at radius 2 is 1.84 bits per heavy atom. The van der Waals surface area contributed by atoms with Gasteiger partial charge in [0, 0.05) is 41.2 Å². The average Bonchev–Trinajstić information content (AvgIpc) is 3.56. The van der Waals surface area contributed by atoms with Crippen LogP contribution in [0.3, 0.4) is 0 Å². The first-order chi connectivity index (χ1) is 14.9. The smallest absolute Gasteiger partial charge is 0.550 e. The molecule has 32 heavy (non-hydrogen) atoms. The second-order valence-electron chi connectivity index (χ2n) is 7.98. The minimum Gasteiger partial charge on any atom is -0.550 e. The van der Waals surface area contributed by atoms with Gasteiger partial charge < -0.3 is 20.1 Å². The van der Waals surface area contributed by atoms with Crippen molar-refractivity contribution in [2.75, 3.05) is 0 Å². The van der Waals surface area contributed by atoms with Gasteiger partial charge in [0.05, 0.1) is 23.4 Å². The molecule has 7 heteroatoms. The fraction of sp³-hybridized carbons (Fsp3) is 0.280. The van der Waals surface area contributed by atoms with Gasteiger partial charge in [-0.2, -0.15) is 0 Å². The summed E-state index contributed by atoms with van der Waals surface area (Å²) >= 11 is 0. The monoisotopic (exact) mass is 443 g/mol. The van der Waals surface area contributed by atoms with Crippen LogP contribution in [0.4, 0.5) is 4.39 Å². The van der Waals surface area contributed by atoms with Crippen LogP contribution in [-0.2, 0) is 4.79 Å². The van der Waals surface area contributed by atoms with E-state index in [0.29, 0.717) is 5.92 Å². The van der Waals surface area contributed by atoms with E-state index in [2.05, 4.69) is 0 Å². The molecule has 160 valence electrons. The van der Waals surface area contributed by atoms with Crippen LogP contribution in [0, 0.1) is 5.82 Å². The van der Waals surface area contributed by atoms with Crippen molar-refractivity contribution in [3.8, 4) is 11.1 Å². The number of carboxylic acid groups (broad SMARTS) is 1. The molecular weight excluding hydrogens is 420 g/mol. The molecule has 1 heterocycles. The van der Waals surface area contributed by atoms with Crippen molar-refractivity contribution in [2.24, 2.45) is 0 Å². The number of rotatable bonds is 8. The molecule has 0 amide bonds. The number of aliphatic hydroxyl groups excluding tert-OH is 2. The number of aliphatic carboxylic acids is 1. The Kier molecular flexibility index (Phi) is 8.20. The molecule has 0 aliphatic heterocycles. The van der Waals surface area contributed by atoms with Crippen molar-refractivity contribution in [2.45, 2.75) is 43.8 Å². The second-order valence-corrected chi connectivity index (χ2v) is 7.98. The number of halogens is 1. The van der Waals surface area contributed by atoms with Crippen molar-refractivity contribution < 1.29 is 54.1 Å². The van der Waals surface area contributed by atoms with Gasteiger partial charge in [-0.15, -0.1) is 0 Å². The fourth-order valence-electron chi connectivity index (χ4n) is 3.85. The van der Waals surface area contributed by atoms with Crippen LogP contribution in [0.15, 0.2) is 54.6 Å².